The van der Waals surface area contributed by atoms with Crippen LogP contribution in [0, 0.1) is 42.5 Å². The Kier molecular flexibility index (Phi) is 6.69. The van der Waals surface area contributed by atoms with E-state index in [2.05, 4.69) is 0 Å². The van der Waals surface area contributed by atoms with Gasteiger partial charge in [0.1, 0.15) is 17.0 Å². The van der Waals surface area contributed by atoms with Gasteiger partial charge in [0.25, 0.3) is 0 Å². The van der Waals surface area contributed by atoms with Crippen molar-refractivity contribution < 1.29 is 45.1 Å². The fraction of sp³-hybridized carbons (Fsp3) is 0.391. The van der Waals surface area contributed by atoms with Crippen LogP contribution in [0.3, 0.4) is 0 Å². The van der Waals surface area contributed by atoms with Crippen molar-refractivity contribution in [3.05, 3.63) is 58.2 Å². The van der Waals surface area contributed by atoms with Gasteiger partial charge in [0.2, 0.25) is 11.8 Å². The lowest BCUT2D eigenvalue weighted by atomic mass is 9.84. The smallest absolute Gasteiger partial charge is 0.422 e. The molecule has 1 atom stereocenters. The minimum atomic E-state index is -5.74. The summed E-state index contributed by atoms with van der Waals surface area (Å²) < 4.78 is 101. The molecule has 3 rings (SSSR count). The van der Waals surface area contributed by atoms with Crippen molar-refractivity contribution in [1.29, 1.82) is 0 Å². The Morgan fingerprint density at radius 1 is 1.00 bits per heavy atom. The molecule has 2 amide bonds. The van der Waals surface area contributed by atoms with Gasteiger partial charge in [-0.3, -0.25) is 9.59 Å². The van der Waals surface area contributed by atoms with E-state index in [1.807, 2.05) is 32.0 Å². The largest absolute Gasteiger partial charge is 0.493 e. The zero-order valence-electron chi connectivity index (χ0n) is 18.4. The summed E-state index contributed by atoms with van der Waals surface area (Å²) in [6.45, 7) is 5.15. The number of hydrogen-bond acceptors (Lipinski definition) is 3. The van der Waals surface area contributed by atoms with E-state index < -0.39 is 64.3 Å². The molecule has 0 aliphatic carbocycles. The van der Waals surface area contributed by atoms with Crippen molar-refractivity contribution in [3.63, 3.8) is 0 Å². The van der Waals surface area contributed by atoms with Crippen LogP contribution in [0.15, 0.2) is 18.2 Å². The number of rotatable bonds is 6. The SMILES string of the molecule is Cc1ccc(C)c(OCCCC2(C)CC(=O)N(c3c(F)c(F)c(C(F)(F)F)c(F)c3F)C2=O)c1. The molecule has 2 aromatic rings. The second-order valence-corrected chi connectivity index (χ2v) is 8.47. The number of aryl methyl sites for hydroxylation is 2. The number of anilines is 1. The summed E-state index contributed by atoms with van der Waals surface area (Å²) in [6.07, 6.45) is -6.05. The Morgan fingerprint density at radius 3 is 2.15 bits per heavy atom. The molecule has 34 heavy (non-hydrogen) atoms. The standard InChI is InChI=1S/C23H20F7NO3/c1-11-5-6-12(2)13(9-11)34-8-4-7-22(3)10-14(32)31(21(22)33)20-18(26)16(24)15(23(28,29)30)17(25)19(20)27/h5-6,9H,4,7-8,10H2,1-3H3. The van der Waals surface area contributed by atoms with Gasteiger partial charge in [0.05, 0.1) is 12.0 Å². The molecule has 0 spiro atoms. The van der Waals surface area contributed by atoms with E-state index in [-0.39, 0.29) is 24.3 Å². The third-order valence-corrected chi connectivity index (χ3v) is 5.73. The van der Waals surface area contributed by atoms with Gasteiger partial charge in [-0.05, 0) is 43.9 Å². The number of benzene rings is 2. The Bertz CT molecular complexity index is 1130. The zero-order chi connectivity index (χ0) is 25.6. The van der Waals surface area contributed by atoms with Crippen LogP contribution < -0.4 is 9.64 Å². The van der Waals surface area contributed by atoms with Gasteiger partial charge in [-0.25, -0.2) is 22.5 Å². The molecule has 11 heteroatoms. The molecular formula is C23H20F7NO3. The van der Waals surface area contributed by atoms with Crippen LogP contribution in [0.25, 0.3) is 0 Å². The van der Waals surface area contributed by atoms with Crippen molar-refractivity contribution in [2.75, 3.05) is 11.5 Å². The predicted octanol–water partition coefficient (Wildman–Crippen LogP) is 6.01. The molecule has 0 saturated carbocycles. The molecule has 1 fully saturated rings. The third kappa shape index (κ3) is 4.47. The number of alkyl halides is 3. The minimum Gasteiger partial charge on any atom is -0.493 e. The molecule has 2 aromatic carbocycles. The summed E-state index contributed by atoms with van der Waals surface area (Å²) in [5, 5.41) is 0. The summed E-state index contributed by atoms with van der Waals surface area (Å²) >= 11 is 0. The van der Waals surface area contributed by atoms with Gasteiger partial charge in [-0.1, -0.05) is 19.1 Å². The summed E-state index contributed by atoms with van der Waals surface area (Å²) in [6, 6.07) is 5.56. The van der Waals surface area contributed by atoms with Crippen molar-refractivity contribution in [2.45, 2.75) is 46.2 Å². The number of nitrogens with zero attached hydrogens (tertiary/aromatic N) is 1. The highest BCUT2D eigenvalue weighted by Gasteiger charge is 2.52. The minimum absolute atomic E-state index is 0.00771. The van der Waals surface area contributed by atoms with Crippen LogP contribution in [0.4, 0.5) is 36.4 Å². The van der Waals surface area contributed by atoms with Crippen LogP contribution in [0.2, 0.25) is 0 Å². The molecule has 4 nitrogen and oxygen atoms in total. The Hall–Kier alpha value is -3.11. The third-order valence-electron chi connectivity index (χ3n) is 5.73. The maximum atomic E-state index is 14.4. The number of carbonyl (C=O) groups excluding carboxylic acids is 2. The summed E-state index contributed by atoms with van der Waals surface area (Å²) in [7, 11) is 0. The maximum absolute atomic E-state index is 14.4. The topological polar surface area (TPSA) is 46.6 Å². The Morgan fingerprint density at radius 2 is 1.59 bits per heavy atom. The number of amides is 2. The number of ether oxygens (including phenoxy) is 1. The van der Waals surface area contributed by atoms with Crippen LogP contribution in [-0.4, -0.2) is 18.4 Å². The first-order chi connectivity index (χ1) is 15.7. The van der Waals surface area contributed by atoms with E-state index in [1.54, 1.807) is 0 Å². The molecule has 1 aliphatic heterocycles. The molecule has 0 aromatic heterocycles. The second kappa shape index (κ2) is 8.92. The van der Waals surface area contributed by atoms with Gasteiger partial charge in [-0.15, -0.1) is 0 Å². The van der Waals surface area contributed by atoms with Gasteiger partial charge in [0.15, 0.2) is 23.3 Å². The van der Waals surface area contributed by atoms with Gasteiger partial charge >= 0.3 is 6.18 Å². The van der Waals surface area contributed by atoms with E-state index in [0.29, 0.717) is 5.75 Å². The monoisotopic (exact) mass is 491 g/mol. The molecule has 184 valence electrons. The van der Waals surface area contributed by atoms with Crippen LogP contribution in [0.1, 0.15) is 42.9 Å². The van der Waals surface area contributed by atoms with Crippen molar-refractivity contribution in [2.24, 2.45) is 5.41 Å². The van der Waals surface area contributed by atoms with Crippen molar-refractivity contribution in [3.8, 4) is 5.75 Å². The molecule has 1 aliphatic rings. The average Bonchev–Trinajstić information content (AvgIpc) is 2.95. The molecule has 0 radical (unpaired) electrons. The van der Waals surface area contributed by atoms with E-state index >= 15 is 0 Å². The normalized spacial score (nSPS) is 18.7. The predicted molar refractivity (Wildman–Crippen MR) is 107 cm³/mol. The second-order valence-electron chi connectivity index (χ2n) is 8.47. The highest BCUT2D eigenvalue weighted by Crippen LogP contribution is 2.44. The summed E-state index contributed by atoms with van der Waals surface area (Å²) in [4.78, 5) is 25.2. The molecule has 0 N–H and O–H groups in total. The summed E-state index contributed by atoms with van der Waals surface area (Å²) in [5.41, 5.74) is -4.26. The quantitative estimate of drug-likeness (QED) is 0.215. The number of carbonyl (C=O) groups is 2. The number of hydrogen-bond donors (Lipinski definition) is 0. The van der Waals surface area contributed by atoms with Crippen LogP contribution >= 0.6 is 0 Å². The van der Waals surface area contributed by atoms with Gasteiger partial charge in [-0.2, -0.15) is 13.2 Å². The van der Waals surface area contributed by atoms with E-state index in [1.165, 1.54) is 6.92 Å². The van der Waals surface area contributed by atoms with E-state index in [4.69, 9.17) is 4.74 Å². The average molecular weight is 491 g/mol. The van der Waals surface area contributed by atoms with Crippen LogP contribution in [0.5, 0.6) is 5.75 Å². The zero-order valence-corrected chi connectivity index (χ0v) is 18.4. The Labute approximate surface area is 190 Å². The van der Waals surface area contributed by atoms with Crippen LogP contribution in [-0.2, 0) is 15.8 Å². The molecule has 1 unspecified atom stereocenters. The fourth-order valence-electron chi connectivity index (χ4n) is 3.87. The first kappa shape index (κ1) is 25.5. The molecule has 0 bridgehead atoms. The van der Waals surface area contributed by atoms with Gasteiger partial charge in [0, 0.05) is 6.42 Å². The summed E-state index contributed by atoms with van der Waals surface area (Å²) in [5.74, 6) is -12.2. The lowest BCUT2D eigenvalue weighted by Gasteiger charge is -2.23. The van der Waals surface area contributed by atoms with E-state index in [0.717, 1.165) is 11.1 Å². The maximum Gasteiger partial charge on any atom is 0.422 e. The molecule has 1 heterocycles. The number of halogens is 7. The van der Waals surface area contributed by atoms with E-state index in [9.17, 15) is 40.3 Å². The lowest BCUT2D eigenvalue weighted by molar-refractivity contribution is -0.143. The van der Waals surface area contributed by atoms with Gasteiger partial charge < -0.3 is 4.74 Å². The van der Waals surface area contributed by atoms with Crippen molar-refractivity contribution in [1.82, 2.24) is 0 Å². The first-order valence-corrected chi connectivity index (χ1v) is 10.2. The fourth-order valence-corrected chi connectivity index (χ4v) is 3.87. The molecule has 1 saturated heterocycles. The number of imide groups is 1. The highest BCUT2D eigenvalue weighted by molar-refractivity contribution is 6.22. The molecular weight excluding hydrogens is 471 g/mol. The highest BCUT2D eigenvalue weighted by atomic mass is 19.4. The Balaban J connectivity index is 1.82. The lowest BCUT2D eigenvalue weighted by Crippen LogP contribution is -2.36. The first-order valence-electron chi connectivity index (χ1n) is 10.2. The van der Waals surface area contributed by atoms with Crippen molar-refractivity contribution >= 4 is 17.5 Å².